The molecular formula is C15H15N5O2S. The van der Waals surface area contributed by atoms with Crippen molar-refractivity contribution >= 4 is 23.3 Å². The monoisotopic (exact) mass is 329 g/mol. The zero-order valence-electron chi connectivity index (χ0n) is 12.7. The summed E-state index contributed by atoms with van der Waals surface area (Å²) < 4.78 is 15.6. The number of benzene rings is 1. The van der Waals surface area contributed by atoms with Gasteiger partial charge < -0.3 is 10.1 Å². The molecule has 2 heterocycles. The number of anilines is 1. The molecule has 118 valence electrons. The lowest BCUT2D eigenvalue weighted by Crippen LogP contribution is -2.11. The topological polar surface area (TPSA) is 81.9 Å². The van der Waals surface area contributed by atoms with E-state index in [-0.39, 0.29) is 5.91 Å². The van der Waals surface area contributed by atoms with E-state index in [0.29, 0.717) is 23.6 Å². The van der Waals surface area contributed by atoms with Crippen molar-refractivity contribution in [3.05, 3.63) is 53.6 Å². The number of nitrogens with zero attached hydrogens (tertiary/aromatic N) is 4. The molecule has 3 rings (SSSR count). The molecular weight excluding hydrogens is 314 g/mol. The second-order valence-electron chi connectivity index (χ2n) is 4.97. The minimum absolute atomic E-state index is 0.213. The summed E-state index contributed by atoms with van der Waals surface area (Å²) in [7, 11) is 1.79. The maximum absolute atomic E-state index is 12.2. The van der Waals surface area contributed by atoms with Crippen LogP contribution in [-0.4, -0.2) is 24.4 Å². The van der Waals surface area contributed by atoms with Crippen LogP contribution in [0.5, 0.6) is 5.75 Å². The molecule has 8 heteroatoms. The maximum Gasteiger partial charge on any atom is 0.255 e. The molecule has 0 bridgehead atoms. The van der Waals surface area contributed by atoms with Gasteiger partial charge in [0.15, 0.2) is 0 Å². The van der Waals surface area contributed by atoms with Gasteiger partial charge in [0.1, 0.15) is 18.1 Å². The van der Waals surface area contributed by atoms with Crippen LogP contribution in [0.4, 0.5) is 5.69 Å². The van der Waals surface area contributed by atoms with Gasteiger partial charge in [-0.05, 0) is 25.1 Å². The minimum atomic E-state index is -0.213. The third-order valence-electron chi connectivity index (χ3n) is 3.18. The first-order chi connectivity index (χ1) is 11.1. The Morgan fingerprint density at radius 2 is 2.26 bits per heavy atom. The summed E-state index contributed by atoms with van der Waals surface area (Å²) in [6.45, 7) is 2.22. The fourth-order valence-electron chi connectivity index (χ4n) is 1.95. The number of ether oxygens (including phenoxy) is 1. The lowest BCUT2D eigenvalue weighted by molar-refractivity contribution is 0.102. The molecule has 7 nitrogen and oxygen atoms in total. The van der Waals surface area contributed by atoms with Gasteiger partial charge in [0.25, 0.3) is 5.91 Å². The van der Waals surface area contributed by atoms with Crippen molar-refractivity contribution in [3.63, 3.8) is 0 Å². The summed E-state index contributed by atoms with van der Waals surface area (Å²) in [5.74, 6) is 0.395. The molecule has 3 aromatic rings. The first-order valence-electron chi connectivity index (χ1n) is 6.93. The largest absolute Gasteiger partial charge is 0.487 e. The van der Waals surface area contributed by atoms with E-state index in [2.05, 4.69) is 19.2 Å². The summed E-state index contributed by atoms with van der Waals surface area (Å²) in [5.41, 5.74) is 2.83. The molecule has 1 aromatic carbocycles. The number of nitrogens with one attached hydrogen (secondary N) is 1. The predicted octanol–water partition coefficient (Wildman–Crippen LogP) is 2.41. The highest BCUT2D eigenvalue weighted by molar-refractivity contribution is 6.99. The molecule has 0 fully saturated rings. The molecule has 0 aliphatic heterocycles. The minimum Gasteiger partial charge on any atom is -0.487 e. The van der Waals surface area contributed by atoms with E-state index in [0.717, 1.165) is 23.1 Å². The van der Waals surface area contributed by atoms with E-state index in [9.17, 15) is 4.79 Å². The van der Waals surface area contributed by atoms with Crippen LogP contribution < -0.4 is 10.1 Å². The Morgan fingerprint density at radius 3 is 2.96 bits per heavy atom. The van der Waals surface area contributed by atoms with E-state index < -0.39 is 0 Å². The summed E-state index contributed by atoms with van der Waals surface area (Å²) in [6, 6.07) is 7.00. The highest BCUT2D eigenvalue weighted by Gasteiger charge is 2.09. The van der Waals surface area contributed by atoms with Gasteiger partial charge in [-0.1, -0.05) is 6.07 Å². The van der Waals surface area contributed by atoms with Gasteiger partial charge in [-0.2, -0.15) is 13.8 Å². The molecule has 0 saturated carbocycles. The van der Waals surface area contributed by atoms with Crippen LogP contribution in [0.3, 0.4) is 0 Å². The SMILES string of the molecule is Cc1nsnc1COc1cccc(C(=O)Nc2cnn(C)c2)c1. The van der Waals surface area contributed by atoms with Gasteiger partial charge in [0.2, 0.25) is 0 Å². The van der Waals surface area contributed by atoms with Crippen LogP contribution in [0.1, 0.15) is 21.7 Å². The van der Waals surface area contributed by atoms with Crippen molar-refractivity contribution < 1.29 is 9.53 Å². The second kappa shape index (κ2) is 6.57. The van der Waals surface area contributed by atoms with E-state index >= 15 is 0 Å². The normalized spacial score (nSPS) is 10.5. The Bertz CT molecular complexity index is 827. The fraction of sp³-hybridized carbons (Fsp3) is 0.200. The summed E-state index contributed by atoms with van der Waals surface area (Å²) in [5, 5.41) is 6.80. The van der Waals surface area contributed by atoms with Crippen molar-refractivity contribution in [1.29, 1.82) is 0 Å². The molecule has 1 amide bonds. The molecule has 0 spiro atoms. The number of amides is 1. The molecule has 0 aliphatic rings. The highest BCUT2D eigenvalue weighted by Crippen LogP contribution is 2.17. The number of carbonyl (C=O) groups is 1. The Labute approximate surface area is 137 Å². The standard InChI is InChI=1S/C15H15N5O2S/c1-10-14(19-23-18-10)9-22-13-5-3-4-11(6-13)15(21)17-12-7-16-20(2)8-12/h3-8H,9H2,1-2H3,(H,17,21). The smallest absolute Gasteiger partial charge is 0.255 e. The lowest BCUT2D eigenvalue weighted by atomic mass is 10.2. The average molecular weight is 329 g/mol. The van der Waals surface area contributed by atoms with Gasteiger partial charge in [0.05, 0.1) is 29.3 Å². The average Bonchev–Trinajstić information content (AvgIpc) is 3.14. The van der Waals surface area contributed by atoms with E-state index in [1.807, 2.05) is 6.92 Å². The van der Waals surface area contributed by atoms with Gasteiger partial charge >= 0.3 is 0 Å². The maximum atomic E-state index is 12.2. The van der Waals surface area contributed by atoms with E-state index in [1.54, 1.807) is 48.4 Å². The van der Waals surface area contributed by atoms with Crippen LogP contribution in [-0.2, 0) is 13.7 Å². The Hall–Kier alpha value is -2.74. The van der Waals surface area contributed by atoms with Crippen molar-refractivity contribution in [2.45, 2.75) is 13.5 Å². The molecule has 0 atom stereocenters. The molecule has 0 aliphatic carbocycles. The number of carbonyl (C=O) groups excluding carboxylic acids is 1. The predicted molar refractivity (Wildman–Crippen MR) is 86.6 cm³/mol. The quantitative estimate of drug-likeness (QED) is 0.777. The van der Waals surface area contributed by atoms with Crippen molar-refractivity contribution in [2.75, 3.05) is 5.32 Å². The molecule has 2 aromatic heterocycles. The van der Waals surface area contributed by atoms with Crippen LogP contribution >= 0.6 is 11.7 Å². The first-order valence-corrected chi connectivity index (χ1v) is 7.66. The van der Waals surface area contributed by atoms with Gasteiger partial charge in [-0.15, -0.1) is 0 Å². The van der Waals surface area contributed by atoms with Gasteiger partial charge in [-0.3, -0.25) is 9.48 Å². The summed E-state index contributed by atoms with van der Waals surface area (Å²) in [4.78, 5) is 12.2. The number of aryl methyl sites for hydroxylation is 2. The third-order valence-corrected chi connectivity index (χ3v) is 3.84. The van der Waals surface area contributed by atoms with Crippen LogP contribution in [0.25, 0.3) is 0 Å². The van der Waals surface area contributed by atoms with Crippen LogP contribution in [0.15, 0.2) is 36.7 Å². The highest BCUT2D eigenvalue weighted by atomic mass is 32.1. The molecule has 0 radical (unpaired) electrons. The zero-order valence-corrected chi connectivity index (χ0v) is 13.5. The Kier molecular flexibility index (Phi) is 4.33. The van der Waals surface area contributed by atoms with E-state index in [4.69, 9.17) is 4.74 Å². The Morgan fingerprint density at radius 1 is 1.39 bits per heavy atom. The van der Waals surface area contributed by atoms with Gasteiger partial charge in [0, 0.05) is 18.8 Å². The number of hydrogen-bond donors (Lipinski definition) is 1. The van der Waals surface area contributed by atoms with Crippen LogP contribution in [0.2, 0.25) is 0 Å². The molecule has 23 heavy (non-hydrogen) atoms. The third kappa shape index (κ3) is 3.72. The summed E-state index contributed by atoms with van der Waals surface area (Å²) in [6.07, 6.45) is 3.33. The number of rotatable bonds is 5. The first kappa shape index (κ1) is 15.2. The van der Waals surface area contributed by atoms with Crippen molar-refractivity contribution in [2.24, 2.45) is 7.05 Å². The molecule has 0 unspecified atom stereocenters. The zero-order chi connectivity index (χ0) is 16.2. The van der Waals surface area contributed by atoms with Gasteiger partial charge in [-0.25, -0.2) is 0 Å². The van der Waals surface area contributed by atoms with Crippen LogP contribution in [0, 0.1) is 6.92 Å². The number of hydrogen-bond acceptors (Lipinski definition) is 6. The summed E-state index contributed by atoms with van der Waals surface area (Å²) >= 11 is 1.16. The fourth-order valence-corrected chi connectivity index (χ4v) is 2.50. The van der Waals surface area contributed by atoms with E-state index in [1.165, 1.54) is 0 Å². The lowest BCUT2D eigenvalue weighted by Gasteiger charge is -2.07. The second-order valence-corrected chi connectivity index (χ2v) is 5.50. The Balaban J connectivity index is 1.67. The van der Waals surface area contributed by atoms with Crippen molar-refractivity contribution in [3.8, 4) is 5.75 Å². The molecule has 1 N–H and O–H groups in total. The van der Waals surface area contributed by atoms with Crippen molar-refractivity contribution in [1.82, 2.24) is 18.5 Å². The molecule has 0 saturated heterocycles. The number of aromatic nitrogens is 4.